The Labute approximate surface area is 119 Å². The van der Waals surface area contributed by atoms with Gasteiger partial charge < -0.3 is 9.64 Å². The van der Waals surface area contributed by atoms with E-state index in [9.17, 15) is 5.26 Å². The van der Waals surface area contributed by atoms with Gasteiger partial charge in [-0.3, -0.25) is 4.90 Å². The molecule has 0 radical (unpaired) electrons. The van der Waals surface area contributed by atoms with Gasteiger partial charge >= 0.3 is 0 Å². The van der Waals surface area contributed by atoms with E-state index in [0.29, 0.717) is 6.04 Å². The maximum Gasteiger partial charge on any atom is 0.147 e. The molecule has 0 aliphatic carbocycles. The molecular weight excluding hydrogens is 252 g/mol. The van der Waals surface area contributed by atoms with Gasteiger partial charge in [-0.25, -0.2) is 4.98 Å². The van der Waals surface area contributed by atoms with Crippen LogP contribution >= 0.6 is 0 Å². The molecular formula is C15H20N4O. The van der Waals surface area contributed by atoms with Gasteiger partial charge in [-0.1, -0.05) is 0 Å². The standard InChI is InChI=1S/C15H20N4O/c1-11-7-12(2)17-15(14(11)8-16)19-9-13(10-19)18-3-5-20-6-4-18/h7,13H,3-6,9-10H2,1-2H3. The SMILES string of the molecule is Cc1cc(C)c(C#N)c(N2CC(N3CCOCC3)C2)n1. The Morgan fingerprint density at radius 3 is 2.65 bits per heavy atom. The van der Waals surface area contributed by atoms with Crippen molar-refractivity contribution in [3.63, 3.8) is 0 Å². The van der Waals surface area contributed by atoms with Gasteiger partial charge in [-0.05, 0) is 25.5 Å². The summed E-state index contributed by atoms with van der Waals surface area (Å²) >= 11 is 0. The van der Waals surface area contributed by atoms with Gasteiger partial charge in [-0.2, -0.15) is 5.26 Å². The van der Waals surface area contributed by atoms with E-state index in [4.69, 9.17) is 4.74 Å². The Kier molecular flexibility index (Phi) is 3.60. The van der Waals surface area contributed by atoms with Crippen LogP contribution in [0.5, 0.6) is 0 Å². The summed E-state index contributed by atoms with van der Waals surface area (Å²) in [7, 11) is 0. The van der Waals surface area contributed by atoms with E-state index in [0.717, 1.165) is 62.0 Å². The molecule has 0 atom stereocenters. The van der Waals surface area contributed by atoms with E-state index in [2.05, 4.69) is 20.9 Å². The minimum atomic E-state index is 0.577. The molecule has 0 saturated carbocycles. The number of ether oxygens (including phenoxy) is 1. The molecule has 0 bridgehead atoms. The highest BCUT2D eigenvalue weighted by molar-refractivity contribution is 5.59. The second-order valence-corrected chi connectivity index (χ2v) is 5.60. The first-order chi connectivity index (χ1) is 9.69. The zero-order chi connectivity index (χ0) is 14.1. The number of hydrogen-bond donors (Lipinski definition) is 0. The predicted molar refractivity (Wildman–Crippen MR) is 76.8 cm³/mol. The highest BCUT2D eigenvalue weighted by atomic mass is 16.5. The van der Waals surface area contributed by atoms with E-state index in [1.54, 1.807) is 0 Å². The van der Waals surface area contributed by atoms with Crippen molar-refractivity contribution in [2.75, 3.05) is 44.3 Å². The Bertz CT molecular complexity index is 540. The number of aryl methyl sites for hydroxylation is 2. The molecule has 0 N–H and O–H groups in total. The molecule has 1 aromatic rings. The van der Waals surface area contributed by atoms with Gasteiger partial charge in [0.1, 0.15) is 11.9 Å². The molecule has 0 amide bonds. The molecule has 2 aliphatic rings. The average Bonchev–Trinajstić information content (AvgIpc) is 2.38. The van der Waals surface area contributed by atoms with Crippen LogP contribution in [0.1, 0.15) is 16.8 Å². The quantitative estimate of drug-likeness (QED) is 0.806. The third-order valence-corrected chi connectivity index (χ3v) is 4.16. The van der Waals surface area contributed by atoms with Crippen LogP contribution in [0, 0.1) is 25.2 Å². The highest BCUT2D eigenvalue weighted by Gasteiger charge is 2.34. The molecule has 3 heterocycles. The Morgan fingerprint density at radius 2 is 2.00 bits per heavy atom. The Balaban J connectivity index is 1.72. The van der Waals surface area contributed by atoms with Crippen LogP contribution in [-0.2, 0) is 4.74 Å². The summed E-state index contributed by atoms with van der Waals surface area (Å²) in [4.78, 5) is 9.27. The van der Waals surface area contributed by atoms with Gasteiger partial charge in [-0.15, -0.1) is 0 Å². The third kappa shape index (κ3) is 2.37. The maximum atomic E-state index is 9.33. The van der Waals surface area contributed by atoms with Crippen molar-refractivity contribution in [3.8, 4) is 6.07 Å². The molecule has 20 heavy (non-hydrogen) atoms. The average molecular weight is 272 g/mol. The molecule has 0 spiro atoms. The smallest absolute Gasteiger partial charge is 0.147 e. The first-order valence-corrected chi connectivity index (χ1v) is 7.14. The van der Waals surface area contributed by atoms with Gasteiger partial charge in [0.15, 0.2) is 0 Å². The molecule has 2 fully saturated rings. The number of pyridine rings is 1. The van der Waals surface area contributed by atoms with Crippen LogP contribution in [0.3, 0.4) is 0 Å². The molecule has 2 aliphatic heterocycles. The Hall–Kier alpha value is -1.64. The second-order valence-electron chi connectivity index (χ2n) is 5.60. The molecule has 1 aromatic heterocycles. The molecule has 2 saturated heterocycles. The summed E-state index contributed by atoms with van der Waals surface area (Å²) in [6, 6.07) is 4.85. The number of aromatic nitrogens is 1. The first-order valence-electron chi connectivity index (χ1n) is 7.14. The van der Waals surface area contributed by atoms with Gasteiger partial charge in [0.2, 0.25) is 0 Å². The van der Waals surface area contributed by atoms with Crippen LogP contribution in [0.15, 0.2) is 6.07 Å². The van der Waals surface area contributed by atoms with Crippen molar-refractivity contribution in [1.29, 1.82) is 5.26 Å². The van der Waals surface area contributed by atoms with Crippen molar-refractivity contribution in [1.82, 2.24) is 9.88 Å². The third-order valence-electron chi connectivity index (χ3n) is 4.16. The van der Waals surface area contributed by atoms with Gasteiger partial charge in [0, 0.05) is 37.9 Å². The predicted octanol–water partition coefficient (Wildman–Crippen LogP) is 1.09. The van der Waals surface area contributed by atoms with E-state index < -0.39 is 0 Å². The van der Waals surface area contributed by atoms with E-state index in [1.807, 2.05) is 19.9 Å². The summed E-state index contributed by atoms with van der Waals surface area (Å²) in [6.07, 6.45) is 0. The molecule has 106 valence electrons. The van der Waals surface area contributed by atoms with Crippen molar-refractivity contribution >= 4 is 5.82 Å². The number of anilines is 1. The van der Waals surface area contributed by atoms with E-state index in [-0.39, 0.29) is 0 Å². The van der Waals surface area contributed by atoms with Crippen LogP contribution in [0.4, 0.5) is 5.82 Å². The maximum absolute atomic E-state index is 9.33. The molecule has 0 aromatic carbocycles. The molecule has 3 rings (SSSR count). The van der Waals surface area contributed by atoms with Crippen LogP contribution in [0.2, 0.25) is 0 Å². The fraction of sp³-hybridized carbons (Fsp3) is 0.600. The monoisotopic (exact) mass is 272 g/mol. The lowest BCUT2D eigenvalue weighted by molar-refractivity contribution is 0.0104. The summed E-state index contributed by atoms with van der Waals surface area (Å²) in [5, 5.41) is 9.33. The fourth-order valence-electron chi connectivity index (χ4n) is 2.99. The topological polar surface area (TPSA) is 52.4 Å². The summed E-state index contributed by atoms with van der Waals surface area (Å²) < 4.78 is 5.39. The fourth-order valence-corrected chi connectivity index (χ4v) is 2.99. The number of nitriles is 1. The normalized spacial score (nSPS) is 20.6. The number of nitrogens with zero attached hydrogens (tertiary/aromatic N) is 4. The van der Waals surface area contributed by atoms with Crippen molar-refractivity contribution in [2.24, 2.45) is 0 Å². The second kappa shape index (κ2) is 5.39. The zero-order valence-corrected chi connectivity index (χ0v) is 12.1. The van der Waals surface area contributed by atoms with Crippen molar-refractivity contribution in [2.45, 2.75) is 19.9 Å². The number of hydrogen-bond acceptors (Lipinski definition) is 5. The number of morpholine rings is 1. The number of rotatable bonds is 2. The zero-order valence-electron chi connectivity index (χ0n) is 12.1. The lowest BCUT2D eigenvalue weighted by Crippen LogP contribution is -2.62. The van der Waals surface area contributed by atoms with Crippen molar-refractivity contribution in [3.05, 3.63) is 22.9 Å². The summed E-state index contributed by atoms with van der Waals surface area (Å²) in [5.74, 6) is 0.856. The first kappa shape index (κ1) is 13.3. The van der Waals surface area contributed by atoms with Crippen molar-refractivity contribution < 1.29 is 4.74 Å². The molecule has 0 unspecified atom stereocenters. The summed E-state index contributed by atoms with van der Waals surface area (Å²) in [6.45, 7) is 9.60. The van der Waals surface area contributed by atoms with E-state index >= 15 is 0 Å². The van der Waals surface area contributed by atoms with Crippen LogP contribution < -0.4 is 4.90 Å². The van der Waals surface area contributed by atoms with Crippen LogP contribution in [0.25, 0.3) is 0 Å². The van der Waals surface area contributed by atoms with E-state index in [1.165, 1.54) is 0 Å². The largest absolute Gasteiger partial charge is 0.379 e. The summed E-state index contributed by atoms with van der Waals surface area (Å²) in [5.41, 5.74) is 2.71. The van der Waals surface area contributed by atoms with Gasteiger partial charge in [0.25, 0.3) is 0 Å². The van der Waals surface area contributed by atoms with Gasteiger partial charge in [0.05, 0.1) is 18.8 Å². The Morgan fingerprint density at radius 1 is 1.30 bits per heavy atom. The minimum Gasteiger partial charge on any atom is -0.379 e. The molecule has 5 nitrogen and oxygen atoms in total. The highest BCUT2D eigenvalue weighted by Crippen LogP contribution is 2.27. The molecule has 5 heteroatoms. The lowest BCUT2D eigenvalue weighted by Gasteiger charge is -2.47. The van der Waals surface area contributed by atoms with Crippen LogP contribution in [-0.4, -0.2) is 55.3 Å². The lowest BCUT2D eigenvalue weighted by atomic mass is 10.0. The minimum absolute atomic E-state index is 0.577.